The highest BCUT2D eigenvalue weighted by molar-refractivity contribution is 7.98. The molecule has 0 saturated heterocycles. The number of hydrogen-bond acceptors (Lipinski definition) is 6. The van der Waals surface area contributed by atoms with E-state index in [-0.39, 0.29) is 5.97 Å². The molecule has 1 aromatic heterocycles. The Kier molecular flexibility index (Phi) is 6.13. The molecule has 0 unspecified atom stereocenters. The summed E-state index contributed by atoms with van der Waals surface area (Å²) in [5, 5.41) is 9.58. The summed E-state index contributed by atoms with van der Waals surface area (Å²) in [7, 11) is 3.03. The number of hydrogen-bond donors (Lipinski definition) is 0. The van der Waals surface area contributed by atoms with E-state index in [9.17, 15) is 4.79 Å². The molecule has 0 radical (unpaired) electrons. The molecular formula is C20H21N3O3S. The number of aromatic nitrogens is 3. The van der Waals surface area contributed by atoms with Crippen molar-refractivity contribution in [2.75, 3.05) is 14.2 Å². The fourth-order valence-corrected chi connectivity index (χ4v) is 3.67. The molecule has 0 fully saturated rings. The van der Waals surface area contributed by atoms with Gasteiger partial charge in [-0.25, -0.2) is 4.79 Å². The van der Waals surface area contributed by atoms with Gasteiger partial charge in [0.2, 0.25) is 0 Å². The van der Waals surface area contributed by atoms with Crippen LogP contribution >= 0.6 is 11.8 Å². The van der Waals surface area contributed by atoms with Crippen LogP contribution in [0, 0.1) is 0 Å². The number of ether oxygens (including phenoxy) is 2. The Morgan fingerprint density at radius 3 is 2.48 bits per heavy atom. The molecule has 2 aromatic carbocycles. The van der Waals surface area contributed by atoms with E-state index >= 15 is 0 Å². The molecule has 0 aliphatic heterocycles. The van der Waals surface area contributed by atoms with Crippen molar-refractivity contribution in [1.82, 2.24) is 14.8 Å². The van der Waals surface area contributed by atoms with Crippen molar-refractivity contribution >= 4 is 17.7 Å². The Balaban J connectivity index is 1.78. The quantitative estimate of drug-likeness (QED) is 0.453. The van der Waals surface area contributed by atoms with Crippen molar-refractivity contribution in [3.8, 4) is 17.1 Å². The Labute approximate surface area is 162 Å². The third kappa shape index (κ3) is 4.14. The van der Waals surface area contributed by atoms with E-state index in [2.05, 4.69) is 21.7 Å². The zero-order valence-corrected chi connectivity index (χ0v) is 16.3. The molecule has 1 heterocycles. The average molecular weight is 383 g/mol. The van der Waals surface area contributed by atoms with Crippen molar-refractivity contribution in [2.45, 2.75) is 24.4 Å². The van der Waals surface area contributed by atoms with Crippen molar-refractivity contribution in [3.63, 3.8) is 0 Å². The van der Waals surface area contributed by atoms with Crippen LogP contribution in [0.2, 0.25) is 0 Å². The van der Waals surface area contributed by atoms with Crippen molar-refractivity contribution in [1.29, 1.82) is 0 Å². The largest absolute Gasteiger partial charge is 0.496 e. The van der Waals surface area contributed by atoms with E-state index in [1.165, 1.54) is 7.11 Å². The maximum Gasteiger partial charge on any atom is 0.337 e. The lowest BCUT2D eigenvalue weighted by Gasteiger charge is -2.10. The van der Waals surface area contributed by atoms with E-state index in [0.717, 1.165) is 40.2 Å². The lowest BCUT2D eigenvalue weighted by molar-refractivity contribution is 0.0600. The van der Waals surface area contributed by atoms with Crippen LogP contribution in [-0.2, 0) is 17.0 Å². The SMILES string of the molecule is CCn1c(SCc2ccc(C(=O)OC)cc2)nnc1-c1ccccc1OC. The minimum absolute atomic E-state index is 0.332. The topological polar surface area (TPSA) is 66.2 Å². The Hall–Kier alpha value is -2.80. The van der Waals surface area contributed by atoms with Crippen molar-refractivity contribution in [3.05, 3.63) is 59.7 Å². The number of carbonyl (C=O) groups excluding carboxylic acids is 1. The first-order valence-electron chi connectivity index (χ1n) is 8.54. The van der Waals surface area contributed by atoms with Gasteiger partial charge in [-0.05, 0) is 36.8 Å². The molecular weight excluding hydrogens is 362 g/mol. The van der Waals surface area contributed by atoms with Crippen LogP contribution in [0.15, 0.2) is 53.7 Å². The molecule has 6 nitrogen and oxygen atoms in total. The van der Waals surface area contributed by atoms with Gasteiger partial charge in [0, 0.05) is 12.3 Å². The van der Waals surface area contributed by atoms with Gasteiger partial charge >= 0.3 is 5.97 Å². The molecule has 0 aliphatic rings. The summed E-state index contributed by atoms with van der Waals surface area (Å²) in [4.78, 5) is 11.5. The second kappa shape index (κ2) is 8.73. The highest BCUT2D eigenvalue weighted by atomic mass is 32.2. The molecule has 0 atom stereocenters. The van der Waals surface area contributed by atoms with Crippen molar-refractivity contribution < 1.29 is 14.3 Å². The van der Waals surface area contributed by atoms with Gasteiger partial charge in [0.1, 0.15) is 5.75 Å². The van der Waals surface area contributed by atoms with Gasteiger partial charge in [-0.2, -0.15) is 0 Å². The van der Waals surface area contributed by atoms with Gasteiger partial charge in [-0.3, -0.25) is 0 Å². The van der Waals surface area contributed by atoms with Crippen LogP contribution in [0.5, 0.6) is 5.75 Å². The predicted molar refractivity (Wildman–Crippen MR) is 105 cm³/mol. The zero-order valence-electron chi connectivity index (χ0n) is 15.5. The van der Waals surface area contributed by atoms with Gasteiger partial charge in [0.15, 0.2) is 11.0 Å². The monoisotopic (exact) mass is 383 g/mol. The number of carbonyl (C=O) groups is 1. The normalized spacial score (nSPS) is 10.6. The highest BCUT2D eigenvalue weighted by Gasteiger charge is 2.16. The van der Waals surface area contributed by atoms with Gasteiger partial charge in [0.05, 0.1) is 25.3 Å². The first kappa shape index (κ1) is 19.0. The molecule has 0 spiro atoms. The fraction of sp³-hybridized carbons (Fsp3) is 0.250. The minimum atomic E-state index is -0.332. The standard InChI is InChI=1S/C20H21N3O3S/c1-4-23-18(16-7-5-6-8-17(16)25-2)21-22-20(23)27-13-14-9-11-15(12-10-14)19(24)26-3/h5-12H,4,13H2,1-3H3. The van der Waals surface area contributed by atoms with Crippen molar-refractivity contribution in [2.24, 2.45) is 0 Å². The second-order valence-electron chi connectivity index (χ2n) is 5.73. The third-order valence-electron chi connectivity index (χ3n) is 4.12. The summed E-state index contributed by atoms with van der Waals surface area (Å²) in [6, 6.07) is 15.2. The first-order valence-corrected chi connectivity index (χ1v) is 9.53. The summed E-state index contributed by atoms with van der Waals surface area (Å²) in [6.07, 6.45) is 0. The third-order valence-corrected chi connectivity index (χ3v) is 5.16. The molecule has 0 aliphatic carbocycles. The van der Waals surface area contributed by atoms with Crippen LogP contribution in [0.3, 0.4) is 0 Å². The Morgan fingerprint density at radius 1 is 1.07 bits per heavy atom. The van der Waals surface area contributed by atoms with Crippen LogP contribution in [0.1, 0.15) is 22.8 Å². The molecule has 0 amide bonds. The van der Waals surface area contributed by atoms with E-state index in [1.807, 2.05) is 36.4 Å². The Morgan fingerprint density at radius 2 is 1.81 bits per heavy atom. The summed E-state index contributed by atoms with van der Waals surface area (Å²) in [6.45, 7) is 2.82. The number of nitrogens with zero attached hydrogens (tertiary/aromatic N) is 3. The smallest absolute Gasteiger partial charge is 0.337 e. The van der Waals surface area contributed by atoms with Gasteiger partial charge in [-0.15, -0.1) is 10.2 Å². The fourth-order valence-electron chi connectivity index (χ4n) is 2.71. The lowest BCUT2D eigenvalue weighted by atomic mass is 10.1. The maximum atomic E-state index is 11.5. The summed E-state index contributed by atoms with van der Waals surface area (Å²) in [5.74, 6) is 1.96. The molecule has 140 valence electrons. The molecule has 3 rings (SSSR count). The number of esters is 1. The number of methoxy groups -OCH3 is 2. The van der Waals surface area contributed by atoms with Crippen LogP contribution in [-0.4, -0.2) is 35.0 Å². The molecule has 27 heavy (non-hydrogen) atoms. The van der Waals surface area contributed by atoms with E-state index < -0.39 is 0 Å². The van der Waals surface area contributed by atoms with Crippen LogP contribution in [0.25, 0.3) is 11.4 Å². The summed E-state index contributed by atoms with van der Waals surface area (Å²) >= 11 is 1.61. The molecule has 0 N–H and O–H groups in total. The predicted octanol–water partition coefficient (Wildman–Crippen LogP) is 4.05. The van der Waals surface area contributed by atoms with Gasteiger partial charge in [-0.1, -0.05) is 36.0 Å². The first-order chi connectivity index (χ1) is 13.2. The van der Waals surface area contributed by atoms with E-state index in [4.69, 9.17) is 9.47 Å². The highest BCUT2D eigenvalue weighted by Crippen LogP contribution is 2.31. The average Bonchev–Trinajstić information content (AvgIpc) is 3.14. The number of rotatable bonds is 7. The van der Waals surface area contributed by atoms with Crippen LogP contribution in [0.4, 0.5) is 0 Å². The second-order valence-corrected chi connectivity index (χ2v) is 6.67. The molecule has 0 bridgehead atoms. The van der Waals surface area contributed by atoms with E-state index in [1.54, 1.807) is 31.0 Å². The zero-order chi connectivity index (χ0) is 19.2. The molecule has 0 saturated carbocycles. The van der Waals surface area contributed by atoms with E-state index in [0.29, 0.717) is 5.56 Å². The number of thioether (sulfide) groups is 1. The Bertz CT molecular complexity index is 922. The summed E-state index contributed by atoms with van der Waals surface area (Å²) in [5.41, 5.74) is 2.56. The summed E-state index contributed by atoms with van der Waals surface area (Å²) < 4.78 is 12.2. The molecule has 7 heteroatoms. The maximum absolute atomic E-state index is 11.5. The number of benzene rings is 2. The molecule has 3 aromatic rings. The number of para-hydroxylation sites is 1. The van der Waals surface area contributed by atoms with Crippen LogP contribution < -0.4 is 4.74 Å². The minimum Gasteiger partial charge on any atom is -0.496 e. The lowest BCUT2D eigenvalue weighted by Crippen LogP contribution is -2.01. The van der Waals surface area contributed by atoms with Gasteiger partial charge < -0.3 is 14.0 Å². The van der Waals surface area contributed by atoms with Gasteiger partial charge in [0.25, 0.3) is 0 Å².